The second kappa shape index (κ2) is 4.04. The van der Waals surface area contributed by atoms with Crippen LogP contribution in [0.5, 0.6) is 0 Å². The van der Waals surface area contributed by atoms with Crippen LogP contribution in [0.15, 0.2) is 12.1 Å². The van der Waals surface area contributed by atoms with Gasteiger partial charge in [-0.2, -0.15) is 0 Å². The molecule has 70 valence electrons. The second-order valence-corrected chi connectivity index (χ2v) is 2.71. The van der Waals surface area contributed by atoms with Gasteiger partial charge in [0.25, 0.3) is 5.69 Å². The first-order chi connectivity index (χ1) is 6.13. The Hall–Kier alpha value is -1.36. The summed E-state index contributed by atoms with van der Waals surface area (Å²) in [5.41, 5.74) is -0.0593. The molecule has 13 heavy (non-hydrogen) atoms. The minimum absolute atomic E-state index is 0.0593. The Kier molecular flexibility index (Phi) is 3.02. The second-order valence-electron chi connectivity index (χ2n) is 2.32. The smallest absolute Gasteiger partial charge is 0.276 e. The summed E-state index contributed by atoms with van der Waals surface area (Å²) in [5, 5.41) is 13.4. The van der Waals surface area contributed by atoms with Gasteiger partial charge in [0.2, 0.25) is 0 Å². The van der Waals surface area contributed by atoms with Crippen molar-refractivity contribution in [3.63, 3.8) is 0 Å². The van der Waals surface area contributed by atoms with E-state index < -0.39 is 4.92 Å². The number of pyridine rings is 1. The molecule has 0 fully saturated rings. The maximum atomic E-state index is 10.4. The van der Waals surface area contributed by atoms with Crippen LogP contribution >= 0.6 is 11.6 Å². The molecule has 0 unspecified atom stereocenters. The molecule has 1 rings (SSSR count). The largest absolute Gasteiger partial charge is 0.370 e. The van der Waals surface area contributed by atoms with Gasteiger partial charge in [0, 0.05) is 6.54 Å². The van der Waals surface area contributed by atoms with Crippen LogP contribution in [0.3, 0.4) is 0 Å². The molecular weight excluding hydrogens is 194 g/mol. The van der Waals surface area contributed by atoms with E-state index in [1.165, 1.54) is 12.1 Å². The highest BCUT2D eigenvalue weighted by Crippen LogP contribution is 2.19. The number of nitrogens with one attached hydrogen (secondary N) is 1. The molecule has 0 saturated heterocycles. The lowest BCUT2D eigenvalue weighted by molar-refractivity contribution is -0.384. The Labute approximate surface area is 79.9 Å². The van der Waals surface area contributed by atoms with Gasteiger partial charge in [-0.25, -0.2) is 4.98 Å². The molecule has 0 aliphatic carbocycles. The van der Waals surface area contributed by atoms with Crippen LogP contribution in [0.1, 0.15) is 6.92 Å². The summed E-state index contributed by atoms with van der Waals surface area (Å²) in [6.07, 6.45) is 0. The SMILES string of the molecule is CCNc1cc([N+](=O)[O-])cc(Cl)n1. The van der Waals surface area contributed by atoms with Crippen molar-refractivity contribution in [1.29, 1.82) is 0 Å². The highest BCUT2D eigenvalue weighted by molar-refractivity contribution is 6.29. The Morgan fingerprint density at radius 1 is 1.69 bits per heavy atom. The first-order valence-electron chi connectivity index (χ1n) is 3.69. The fourth-order valence-corrected chi connectivity index (χ4v) is 1.06. The van der Waals surface area contributed by atoms with Crippen molar-refractivity contribution in [3.8, 4) is 0 Å². The number of nitrogens with zero attached hydrogens (tertiary/aromatic N) is 2. The summed E-state index contributed by atoms with van der Waals surface area (Å²) >= 11 is 5.57. The summed E-state index contributed by atoms with van der Waals surface area (Å²) in [7, 11) is 0. The predicted molar refractivity (Wildman–Crippen MR) is 50.1 cm³/mol. The van der Waals surface area contributed by atoms with Crippen molar-refractivity contribution in [2.45, 2.75) is 6.92 Å². The summed E-state index contributed by atoms with van der Waals surface area (Å²) < 4.78 is 0. The van der Waals surface area contributed by atoms with Crippen molar-refractivity contribution >= 4 is 23.1 Å². The maximum Gasteiger partial charge on any atom is 0.276 e. The molecule has 1 aromatic rings. The first-order valence-corrected chi connectivity index (χ1v) is 4.07. The average molecular weight is 202 g/mol. The molecule has 5 nitrogen and oxygen atoms in total. The van der Waals surface area contributed by atoms with Crippen LogP contribution in [-0.2, 0) is 0 Å². The Morgan fingerprint density at radius 3 is 2.92 bits per heavy atom. The van der Waals surface area contributed by atoms with Gasteiger partial charge in [-0.3, -0.25) is 10.1 Å². The summed E-state index contributed by atoms with van der Waals surface area (Å²) in [6, 6.07) is 2.55. The number of hydrogen-bond acceptors (Lipinski definition) is 4. The molecule has 0 amide bonds. The van der Waals surface area contributed by atoms with E-state index in [1.54, 1.807) is 0 Å². The number of hydrogen-bond donors (Lipinski definition) is 1. The lowest BCUT2D eigenvalue weighted by atomic mass is 10.4. The number of nitro groups is 1. The van der Waals surface area contributed by atoms with Crippen molar-refractivity contribution in [3.05, 3.63) is 27.4 Å². The lowest BCUT2D eigenvalue weighted by Gasteiger charge is -2.01. The highest BCUT2D eigenvalue weighted by Gasteiger charge is 2.09. The molecule has 1 N–H and O–H groups in total. The van der Waals surface area contributed by atoms with Gasteiger partial charge in [-0.1, -0.05) is 11.6 Å². The normalized spacial score (nSPS) is 9.69. The fourth-order valence-electron chi connectivity index (χ4n) is 0.860. The van der Waals surface area contributed by atoms with Gasteiger partial charge in [0.1, 0.15) is 11.0 Å². The summed E-state index contributed by atoms with van der Waals surface area (Å²) in [5.74, 6) is 0.418. The van der Waals surface area contributed by atoms with Crippen LogP contribution in [0.25, 0.3) is 0 Å². The minimum atomic E-state index is -0.506. The van der Waals surface area contributed by atoms with Crippen molar-refractivity contribution in [2.24, 2.45) is 0 Å². The van der Waals surface area contributed by atoms with E-state index in [-0.39, 0.29) is 10.8 Å². The van der Waals surface area contributed by atoms with Gasteiger partial charge in [0.05, 0.1) is 17.1 Å². The summed E-state index contributed by atoms with van der Waals surface area (Å²) in [4.78, 5) is 13.8. The Morgan fingerprint density at radius 2 is 2.38 bits per heavy atom. The van der Waals surface area contributed by atoms with Crippen molar-refractivity contribution in [2.75, 3.05) is 11.9 Å². The molecular formula is C7H8ClN3O2. The number of rotatable bonds is 3. The molecule has 0 radical (unpaired) electrons. The van der Waals surface area contributed by atoms with Gasteiger partial charge in [0.15, 0.2) is 0 Å². The topological polar surface area (TPSA) is 68.1 Å². The third-order valence-electron chi connectivity index (χ3n) is 1.35. The van der Waals surface area contributed by atoms with E-state index in [9.17, 15) is 10.1 Å². The van der Waals surface area contributed by atoms with E-state index in [1.807, 2.05) is 6.92 Å². The zero-order chi connectivity index (χ0) is 9.84. The van der Waals surface area contributed by atoms with E-state index in [2.05, 4.69) is 10.3 Å². The molecule has 6 heteroatoms. The fraction of sp³-hybridized carbons (Fsp3) is 0.286. The van der Waals surface area contributed by atoms with Gasteiger partial charge < -0.3 is 5.32 Å². The molecule has 0 aliphatic rings. The molecule has 0 atom stereocenters. The first kappa shape index (κ1) is 9.73. The Bertz CT molecular complexity index is 330. The zero-order valence-corrected chi connectivity index (χ0v) is 7.71. The van der Waals surface area contributed by atoms with Crippen LogP contribution in [-0.4, -0.2) is 16.5 Å². The molecule has 0 aliphatic heterocycles. The van der Waals surface area contributed by atoms with Crippen LogP contribution in [0, 0.1) is 10.1 Å². The summed E-state index contributed by atoms with van der Waals surface area (Å²) in [6.45, 7) is 2.51. The lowest BCUT2D eigenvalue weighted by Crippen LogP contribution is -2.00. The van der Waals surface area contributed by atoms with E-state index in [4.69, 9.17) is 11.6 Å². The standard InChI is InChI=1S/C7H8ClN3O2/c1-2-9-7-4-5(11(12)13)3-6(8)10-7/h3-4H,2H2,1H3,(H,9,10). The van der Waals surface area contributed by atoms with Gasteiger partial charge >= 0.3 is 0 Å². The van der Waals surface area contributed by atoms with Gasteiger partial charge in [-0.15, -0.1) is 0 Å². The molecule has 0 aromatic carbocycles. The third kappa shape index (κ3) is 2.55. The van der Waals surface area contributed by atoms with Crippen LogP contribution in [0.2, 0.25) is 5.15 Å². The molecule has 0 spiro atoms. The maximum absolute atomic E-state index is 10.4. The molecule has 0 saturated carbocycles. The van der Waals surface area contributed by atoms with Crippen LogP contribution < -0.4 is 5.32 Å². The zero-order valence-electron chi connectivity index (χ0n) is 6.95. The van der Waals surface area contributed by atoms with Crippen molar-refractivity contribution in [1.82, 2.24) is 4.98 Å². The Balaban J connectivity index is 3.03. The third-order valence-corrected chi connectivity index (χ3v) is 1.54. The average Bonchev–Trinajstić information content (AvgIpc) is 2.03. The molecule has 1 aromatic heterocycles. The van der Waals surface area contributed by atoms with Crippen LogP contribution in [0.4, 0.5) is 11.5 Å². The predicted octanol–water partition coefficient (Wildman–Crippen LogP) is 2.07. The monoisotopic (exact) mass is 201 g/mol. The molecule has 1 heterocycles. The van der Waals surface area contributed by atoms with E-state index in [0.29, 0.717) is 12.4 Å². The number of aromatic nitrogens is 1. The quantitative estimate of drug-likeness (QED) is 0.462. The van der Waals surface area contributed by atoms with Crippen molar-refractivity contribution < 1.29 is 4.92 Å². The van der Waals surface area contributed by atoms with E-state index in [0.717, 1.165) is 0 Å². The molecule has 0 bridgehead atoms. The number of halogens is 1. The highest BCUT2D eigenvalue weighted by atomic mass is 35.5. The number of anilines is 1. The van der Waals surface area contributed by atoms with E-state index >= 15 is 0 Å². The van der Waals surface area contributed by atoms with Gasteiger partial charge in [-0.05, 0) is 6.92 Å². The minimum Gasteiger partial charge on any atom is -0.370 e.